The number of benzene rings is 1. The molecule has 0 heterocycles. The maximum Gasteiger partial charge on any atom is 0.246 e. The molecular formula is C21H31NO3. The van der Waals surface area contributed by atoms with Crippen LogP contribution in [0.25, 0.3) is 6.08 Å². The number of carbonyl (C=O) groups excluding carboxylic acids is 1. The Morgan fingerprint density at radius 3 is 2.60 bits per heavy atom. The first-order chi connectivity index (χ1) is 12.2. The third kappa shape index (κ3) is 5.80. The van der Waals surface area contributed by atoms with Crippen molar-refractivity contribution < 1.29 is 14.3 Å². The second-order valence-corrected chi connectivity index (χ2v) is 6.56. The highest BCUT2D eigenvalue weighted by atomic mass is 16.5. The average molecular weight is 345 g/mol. The number of carbonyl (C=O) groups is 1. The maximum absolute atomic E-state index is 12.4. The van der Waals surface area contributed by atoms with Gasteiger partial charge in [0.15, 0.2) is 11.5 Å². The smallest absolute Gasteiger partial charge is 0.246 e. The van der Waals surface area contributed by atoms with Gasteiger partial charge < -0.3 is 14.4 Å². The third-order valence-electron chi connectivity index (χ3n) is 4.62. The molecule has 1 aromatic rings. The minimum atomic E-state index is 0.0659. The fourth-order valence-corrected chi connectivity index (χ4v) is 3.16. The Morgan fingerprint density at radius 2 is 1.92 bits per heavy atom. The first-order valence-electron chi connectivity index (χ1n) is 9.50. The van der Waals surface area contributed by atoms with Crippen LogP contribution >= 0.6 is 0 Å². The van der Waals surface area contributed by atoms with Gasteiger partial charge in [-0.25, -0.2) is 0 Å². The van der Waals surface area contributed by atoms with Gasteiger partial charge >= 0.3 is 0 Å². The SMILES string of the molecule is CCCOc1ccc(/C=C/C(=O)N(C)C2CCCCC2)cc1OCC. The van der Waals surface area contributed by atoms with Crippen molar-refractivity contribution in [3.05, 3.63) is 29.8 Å². The van der Waals surface area contributed by atoms with Crippen LogP contribution in [-0.2, 0) is 4.79 Å². The fourth-order valence-electron chi connectivity index (χ4n) is 3.16. The van der Waals surface area contributed by atoms with Gasteiger partial charge in [-0.3, -0.25) is 4.79 Å². The van der Waals surface area contributed by atoms with Gasteiger partial charge in [0.05, 0.1) is 13.2 Å². The highest BCUT2D eigenvalue weighted by Crippen LogP contribution is 2.29. The first-order valence-corrected chi connectivity index (χ1v) is 9.50. The van der Waals surface area contributed by atoms with Gasteiger partial charge in [-0.1, -0.05) is 32.3 Å². The van der Waals surface area contributed by atoms with E-state index in [1.807, 2.05) is 43.1 Å². The summed E-state index contributed by atoms with van der Waals surface area (Å²) < 4.78 is 11.4. The lowest BCUT2D eigenvalue weighted by atomic mass is 9.94. The molecule has 1 fully saturated rings. The summed E-state index contributed by atoms with van der Waals surface area (Å²) in [6.45, 7) is 5.28. The Morgan fingerprint density at radius 1 is 1.16 bits per heavy atom. The predicted octanol–water partition coefficient (Wildman–Crippen LogP) is 4.68. The molecule has 0 radical (unpaired) electrons. The number of ether oxygens (including phenoxy) is 2. The zero-order valence-corrected chi connectivity index (χ0v) is 15.8. The molecule has 0 saturated heterocycles. The van der Waals surface area contributed by atoms with Crippen molar-refractivity contribution in [1.29, 1.82) is 0 Å². The van der Waals surface area contributed by atoms with Gasteiger partial charge in [-0.05, 0) is 50.0 Å². The number of rotatable bonds is 8. The lowest BCUT2D eigenvalue weighted by Crippen LogP contribution is -2.37. The molecule has 0 atom stereocenters. The Balaban J connectivity index is 2.03. The normalized spacial score (nSPS) is 15.3. The summed E-state index contributed by atoms with van der Waals surface area (Å²) in [5, 5.41) is 0. The van der Waals surface area contributed by atoms with Crippen molar-refractivity contribution in [2.75, 3.05) is 20.3 Å². The average Bonchev–Trinajstić information content (AvgIpc) is 2.65. The molecule has 138 valence electrons. The zero-order valence-electron chi connectivity index (χ0n) is 15.8. The molecule has 0 aromatic heterocycles. The van der Waals surface area contributed by atoms with Crippen molar-refractivity contribution in [2.45, 2.75) is 58.4 Å². The summed E-state index contributed by atoms with van der Waals surface area (Å²) in [4.78, 5) is 14.3. The zero-order chi connectivity index (χ0) is 18.1. The van der Waals surface area contributed by atoms with E-state index >= 15 is 0 Å². The van der Waals surface area contributed by atoms with Crippen LogP contribution < -0.4 is 9.47 Å². The Bertz CT molecular complexity index is 577. The fraction of sp³-hybridized carbons (Fsp3) is 0.571. The molecule has 0 aliphatic heterocycles. The highest BCUT2D eigenvalue weighted by Gasteiger charge is 2.20. The van der Waals surface area contributed by atoms with E-state index in [0.717, 1.165) is 36.3 Å². The molecule has 0 unspecified atom stereocenters. The molecule has 2 rings (SSSR count). The largest absolute Gasteiger partial charge is 0.490 e. The summed E-state index contributed by atoms with van der Waals surface area (Å²) in [5.74, 6) is 1.55. The van der Waals surface area contributed by atoms with Crippen LogP contribution in [0.1, 0.15) is 57.9 Å². The Hall–Kier alpha value is -1.97. The van der Waals surface area contributed by atoms with Crippen LogP contribution in [0.2, 0.25) is 0 Å². The van der Waals surface area contributed by atoms with E-state index in [2.05, 4.69) is 6.92 Å². The van der Waals surface area contributed by atoms with Gasteiger partial charge in [0.25, 0.3) is 0 Å². The van der Waals surface area contributed by atoms with E-state index in [-0.39, 0.29) is 5.91 Å². The number of hydrogen-bond donors (Lipinski definition) is 0. The molecule has 0 spiro atoms. The van der Waals surface area contributed by atoms with Crippen molar-refractivity contribution in [3.63, 3.8) is 0 Å². The van der Waals surface area contributed by atoms with E-state index in [1.165, 1.54) is 19.3 Å². The van der Waals surface area contributed by atoms with E-state index in [4.69, 9.17) is 9.47 Å². The molecule has 1 aliphatic rings. The first kappa shape index (κ1) is 19.4. The maximum atomic E-state index is 12.4. The van der Waals surface area contributed by atoms with Gasteiger partial charge in [0.1, 0.15) is 0 Å². The molecular weight excluding hydrogens is 314 g/mol. The predicted molar refractivity (Wildman–Crippen MR) is 102 cm³/mol. The molecule has 1 aromatic carbocycles. The van der Waals surface area contributed by atoms with E-state index < -0.39 is 0 Å². The lowest BCUT2D eigenvalue weighted by Gasteiger charge is -2.30. The summed E-state index contributed by atoms with van der Waals surface area (Å²) in [6, 6.07) is 6.18. The van der Waals surface area contributed by atoms with Crippen molar-refractivity contribution in [1.82, 2.24) is 4.90 Å². The van der Waals surface area contributed by atoms with Gasteiger partial charge in [-0.15, -0.1) is 0 Å². The van der Waals surface area contributed by atoms with Gasteiger partial charge in [0, 0.05) is 19.2 Å². The third-order valence-corrected chi connectivity index (χ3v) is 4.62. The number of nitrogens with zero attached hydrogens (tertiary/aromatic N) is 1. The summed E-state index contributed by atoms with van der Waals surface area (Å²) in [6.07, 6.45) is 10.4. The molecule has 1 amide bonds. The molecule has 0 bridgehead atoms. The monoisotopic (exact) mass is 345 g/mol. The van der Waals surface area contributed by atoms with E-state index in [9.17, 15) is 4.79 Å². The molecule has 4 heteroatoms. The van der Waals surface area contributed by atoms with Crippen LogP contribution in [-0.4, -0.2) is 37.1 Å². The highest BCUT2D eigenvalue weighted by molar-refractivity contribution is 5.91. The summed E-state index contributed by atoms with van der Waals surface area (Å²) >= 11 is 0. The van der Waals surface area contributed by atoms with Crippen molar-refractivity contribution in [2.24, 2.45) is 0 Å². The van der Waals surface area contributed by atoms with Crippen molar-refractivity contribution in [3.8, 4) is 11.5 Å². The number of hydrogen-bond acceptors (Lipinski definition) is 3. The molecule has 25 heavy (non-hydrogen) atoms. The molecule has 0 N–H and O–H groups in total. The topological polar surface area (TPSA) is 38.8 Å². The quantitative estimate of drug-likeness (QED) is 0.642. The van der Waals surface area contributed by atoms with Crippen LogP contribution in [0.4, 0.5) is 0 Å². The van der Waals surface area contributed by atoms with E-state index in [1.54, 1.807) is 6.08 Å². The lowest BCUT2D eigenvalue weighted by molar-refractivity contribution is -0.127. The standard InChI is InChI=1S/C21H31NO3/c1-4-15-25-19-13-11-17(16-20(19)24-5-2)12-14-21(23)22(3)18-9-7-6-8-10-18/h11-14,16,18H,4-10,15H2,1-3H3/b14-12+. The van der Waals surface area contributed by atoms with Crippen molar-refractivity contribution >= 4 is 12.0 Å². The molecule has 1 saturated carbocycles. The van der Waals surface area contributed by atoms with Gasteiger partial charge in [-0.2, -0.15) is 0 Å². The van der Waals surface area contributed by atoms with Crippen LogP contribution in [0.15, 0.2) is 24.3 Å². The van der Waals surface area contributed by atoms with Crippen LogP contribution in [0.3, 0.4) is 0 Å². The van der Waals surface area contributed by atoms with Crippen LogP contribution in [0.5, 0.6) is 11.5 Å². The van der Waals surface area contributed by atoms with E-state index in [0.29, 0.717) is 19.3 Å². The number of amides is 1. The Kier molecular flexibility index (Phi) is 7.83. The second-order valence-electron chi connectivity index (χ2n) is 6.56. The van der Waals surface area contributed by atoms with Gasteiger partial charge in [0.2, 0.25) is 5.91 Å². The second kappa shape index (κ2) is 10.1. The Labute approximate surface area is 151 Å². The molecule has 4 nitrogen and oxygen atoms in total. The summed E-state index contributed by atoms with van der Waals surface area (Å²) in [7, 11) is 1.91. The summed E-state index contributed by atoms with van der Waals surface area (Å²) in [5.41, 5.74) is 0.942. The molecule has 1 aliphatic carbocycles. The minimum absolute atomic E-state index is 0.0659. The number of likely N-dealkylation sites (N-methyl/N-ethyl adjacent to an activating group) is 1. The van der Waals surface area contributed by atoms with Crippen LogP contribution in [0, 0.1) is 0 Å². The minimum Gasteiger partial charge on any atom is -0.490 e.